The highest BCUT2D eigenvalue weighted by atomic mass is 19.1. The molecule has 1 fully saturated rings. The molecule has 3 aromatic rings. The van der Waals surface area contributed by atoms with Gasteiger partial charge in [0.25, 0.3) is 5.91 Å². The van der Waals surface area contributed by atoms with Gasteiger partial charge in [0.15, 0.2) is 5.82 Å². The van der Waals surface area contributed by atoms with E-state index in [9.17, 15) is 9.18 Å². The first-order chi connectivity index (χ1) is 14.6. The first kappa shape index (κ1) is 19.9. The molecule has 0 radical (unpaired) electrons. The Balaban J connectivity index is 1.58. The Morgan fingerprint density at radius 2 is 2.00 bits per heavy atom. The van der Waals surface area contributed by atoms with Gasteiger partial charge in [-0.05, 0) is 50.5 Å². The van der Waals surface area contributed by atoms with Gasteiger partial charge < -0.3 is 9.64 Å². The third kappa shape index (κ3) is 4.42. The van der Waals surface area contributed by atoms with Crippen LogP contribution in [-0.4, -0.2) is 49.9 Å². The number of carbonyl (C=O) groups excluding carboxylic acids is 1. The van der Waals surface area contributed by atoms with Crippen molar-refractivity contribution in [2.24, 2.45) is 0 Å². The van der Waals surface area contributed by atoms with Gasteiger partial charge in [0, 0.05) is 30.7 Å². The first-order valence-electron chi connectivity index (χ1n) is 9.92. The van der Waals surface area contributed by atoms with E-state index in [1.54, 1.807) is 23.4 Å². The molecule has 4 rings (SSSR count). The minimum Gasteiger partial charge on any atom is -0.475 e. The van der Waals surface area contributed by atoms with Crippen LogP contribution in [0, 0.1) is 12.7 Å². The SMILES string of the molecule is Cc1ccc(-c2ncccn2)c(C(=O)N2CCCCC2COc2ccc(F)cn2)n1. The topological polar surface area (TPSA) is 81.1 Å². The highest BCUT2D eigenvalue weighted by Crippen LogP contribution is 2.25. The Labute approximate surface area is 174 Å². The van der Waals surface area contributed by atoms with Crippen molar-refractivity contribution in [1.82, 2.24) is 24.8 Å². The Hall–Kier alpha value is -3.42. The van der Waals surface area contributed by atoms with Gasteiger partial charge in [0.2, 0.25) is 5.88 Å². The lowest BCUT2D eigenvalue weighted by atomic mass is 10.0. The molecule has 4 heterocycles. The van der Waals surface area contributed by atoms with Crippen LogP contribution in [0.5, 0.6) is 5.88 Å². The summed E-state index contributed by atoms with van der Waals surface area (Å²) in [5.74, 6) is 0.217. The number of amides is 1. The van der Waals surface area contributed by atoms with E-state index in [2.05, 4.69) is 19.9 Å². The second kappa shape index (κ2) is 8.94. The van der Waals surface area contributed by atoms with E-state index in [1.165, 1.54) is 12.1 Å². The molecule has 1 aliphatic rings. The third-order valence-corrected chi connectivity index (χ3v) is 5.06. The molecule has 0 bridgehead atoms. The van der Waals surface area contributed by atoms with Crippen LogP contribution in [0.15, 0.2) is 48.9 Å². The number of aryl methyl sites for hydroxylation is 1. The Bertz CT molecular complexity index is 1010. The zero-order chi connectivity index (χ0) is 20.9. The number of piperidine rings is 1. The van der Waals surface area contributed by atoms with Crippen LogP contribution >= 0.6 is 0 Å². The highest BCUT2D eigenvalue weighted by molar-refractivity contribution is 5.98. The predicted octanol–water partition coefficient (Wildman–Crippen LogP) is 3.45. The van der Waals surface area contributed by atoms with Crippen molar-refractivity contribution in [3.8, 4) is 17.3 Å². The molecule has 1 amide bonds. The standard InChI is InChI=1S/C22H22FN5O2/c1-15-6-8-18(21-24-10-4-11-25-21)20(27-15)22(29)28-12-3-2-5-17(28)14-30-19-9-7-16(23)13-26-19/h4,6-11,13,17H,2-3,5,12,14H2,1H3. The van der Waals surface area contributed by atoms with Gasteiger partial charge in [-0.15, -0.1) is 0 Å². The lowest BCUT2D eigenvalue weighted by Gasteiger charge is -2.35. The molecule has 3 aromatic heterocycles. The van der Waals surface area contributed by atoms with Gasteiger partial charge in [-0.2, -0.15) is 0 Å². The number of hydrogen-bond donors (Lipinski definition) is 0. The number of rotatable bonds is 5. The van der Waals surface area contributed by atoms with Crippen molar-refractivity contribution in [3.05, 3.63) is 66.1 Å². The maximum atomic E-state index is 13.5. The fraction of sp³-hybridized carbons (Fsp3) is 0.318. The van der Waals surface area contributed by atoms with E-state index < -0.39 is 5.82 Å². The van der Waals surface area contributed by atoms with Crippen LogP contribution in [0.25, 0.3) is 11.4 Å². The lowest BCUT2D eigenvalue weighted by Crippen LogP contribution is -2.47. The van der Waals surface area contributed by atoms with E-state index in [0.717, 1.165) is 31.2 Å². The summed E-state index contributed by atoms with van der Waals surface area (Å²) in [6.07, 6.45) is 7.13. The molecule has 1 unspecified atom stereocenters. The van der Waals surface area contributed by atoms with Crippen molar-refractivity contribution < 1.29 is 13.9 Å². The van der Waals surface area contributed by atoms with Crippen molar-refractivity contribution in [3.63, 3.8) is 0 Å². The molecule has 1 aliphatic heterocycles. The number of nitrogens with zero attached hydrogens (tertiary/aromatic N) is 5. The Morgan fingerprint density at radius 1 is 1.17 bits per heavy atom. The molecule has 0 aromatic carbocycles. The summed E-state index contributed by atoms with van der Waals surface area (Å²) >= 11 is 0. The zero-order valence-corrected chi connectivity index (χ0v) is 16.7. The van der Waals surface area contributed by atoms with Gasteiger partial charge in [0.05, 0.1) is 17.8 Å². The summed E-state index contributed by atoms with van der Waals surface area (Å²) < 4.78 is 18.8. The maximum Gasteiger partial charge on any atom is 0.273 e. The van der Waals surface area contributed by atoms with Gasteiger partial charge >= 0.3 is 0 Å². The van der Waals surface area contributed by atoms with E-state index in [4.69, 9.17) is 4.74 Å². The molecule has 154 valence electrons. The average Bonchev–Trinajstić information content (AvgIpc) is 2.79. The summed E-state index contributed by atoms with van der Waals surface area (Å²) in [6.45, 7) is 2.76. The minimum atomic E-state index is -0.419. The molecule has 1 atom stereocenters. The first-order valence-corrected chi connectivity index (χ1v) is 9.92. The number of ether oxygens (including phenoxy) is 1. The third-order valence-electron chi connectivity index (χ3n) is 5.06. The molecule has 1 saturated heterocycles. The number of pyridine rings is 2. The number of carbonyl (C=O) groups is 1. The number of hydrogen-bond acceptors (Lipinski definition) is 6. The fourth-order valence-corrected chi connectivity index (χ4v) is 3.54. The molecule has 0 N–H and O–H groups in total. The normalized spacial score (nSPS) is 16.3. The monoisotopic (exact) mass is 407 g/mol. The fourth-order valence-electron chi connectivity index (χ4n) is 3.54. The van der Waals surface area contributed by atoms with Crippen LogP contribution in [0.3, 0.4) is 0 Å². The molecular weight excluding hydrogens is 385 g/mol. The van der Waals surface area contributed by atoms with E-state index in [-0.39, 0.29) is 18.6 Å². The van der Waals surface area contributed by atoms with Crippen molar-refractivity contribution in [2.75, 3.05) is 13.2 Å². The Kier molecular flexibility index (Phi) is 5.92. The quantitative estimate of drug-likeness (QED) is 0.644. The molecule has 7 nitrogen and oxygen atoms in total. The molecule has 0 spiro atoms. The van der Waals surface area contributed by atoms with Crippen LogP contribution in [-0.2, 0) is 0 Å². The Morgan fingerprint density at radius 3 is 2.77 bits per heavy atom. The van der Waals surface area contributed by atoms with E-state index >= 15 is 0 Å². The number of halogens is 1. The van der Waals surface area contributed by atoms with Gasteiger partial charge in [0.1, 0.15) is 18.1 Å². The summed E-state index contributed by atoms with van der Waals surface area (Å²) in [5.41, 5.74) is 1.70. The van der Waals surface area contributed by atoms with Crippen molar-refractivity contribution >= 4 is 5.91 Å². The van der Waals surface area contributed by atoms with Crippen LogP contribution < -0.4 is 4.74 Å². The smallest absolute Gasteiger partial charge is 0.273 e. The van der Waals surface area contributed by atoms with E-state index in [0.29, 0.717) is 29.5 Å². The predicted molar refractivity (Wildman–Crippen MR) is 108 cm³/mol. The van der Waals surface area contributed by atoms with Crippen LogP contribution in [0.2, 0.25) is 0 Å². The van der Waals surface area contributed by atoms with Crippen molar-refractivity contribution in [1.29, 1.82) is 0 Å². The summed E-state index contributed by atoms with van der Waals surface area (Å²) in [5, 5.41) is 0. The zero-order valence-electron chi connectivity index (χ0n) is 16.7. The number of aromatic nitrogens is 4. The lowest BCUT2D eigenvalue weighted by molar-refractivity contribution is 0.0519. The van der Waals surface area contributed by atoms with Gasteiger partial charge in [-0.1, -0.05) is 0 Å². The highest BCUT2D eigenvalue weighted by Gasteiger charge is 2.31. The van der Waals surface area contributed by atoms with Gasteiger partial charge in [-0.25, -0.2) is 24.3 Å². The second-order valence-corrected chi connectivity index (χ2v) is 7.20. The van der Waals surface area contributed by atoms with Crippen LogP contribution in [0.1, 0.15) is 35.4 Å². The van der Waals surface area contributed by atoms with Gasteiger partial charge in [-0.3, -0.25) is 4.79 Å². The largest absolute Gasteiger partial charge is 0.475 e. The summed E-state index contributed by atoms with van der Waals surface area (Å²) in [4.78, 5) is 32.3. The average molecular weight is 407 g/mol. The molecule has 8 heteroatoms. The molecule has 30 heavy (non-hydrogen) atoms. The second-order valence-electron chi connectivity index (χ2n) is 7.20. The molecule has 0 saturated carbocycles. The van der Waals surface area contributed by atoms with E-state index in [1.807, 2.05) is 19.1 Å². The summed E-state index contributed by atoms with van der Waals surface area (Å²) in [6, 6.07) is 8.08. The van der Waals surface area contributed by atoms with Crippen molar-refractivity contribution in [2.45, 2.75) is 32.2 Å². The maximum absolute atomic E-state index is 13.5. The summed E-state index contributed by atoms with van der Waals surface area (Å²) in [7, 11) is 0. The molecular formula is C22H22FN5O2. The van der Waals surface area contributed by atoms with Crippen LogP contribution in [0.4, 0.5) is 4.39 Å². The minimum absolute atomic E-state index is 0.120. The molecule has 0 aliphatic carbocycles. The number of likely N-dealkylation sites (tertiary alicyclic amines) is 1.